The van der Waals surface area contributed by atoms with Crippen LogP contribution in [0.25, 0.3) is 0 Å². The van der Waals surface area contributed by atoms with Gasteiger partial charge in [0.05, 0.1) is 12.7 Å². The molecular formula is C13H16FO4S-. The van der Waals surface area contributed by atoms with Crippen LogP contribution in [0.1, 0.15) is 29.8 Å². The Bertz CT molecular complexity index is 470. The van der Waals surface area contributed by atoms with Gasteiger partial charge in [-0.2, -0.15) is 0 Å². The molecule has 0 amide bonds. The van der Waals surface area contributed by atoms with E-state index in [0.717, 1.165) is 0 Å². The number of esters is 1. The van der Waals surface area contributed by atoms with Crippen molar-refractivity contribution in [3.05, 3.63) is 35.4 Å². The van der Waals surface area contributed by atoms with Crippen LogP contribution in [0.15, 0.2) is 24.3 Å². The average molecular weight is 287 g/mol. The summed E-state index contributed by atoms with van der Waals surface area (Å²) in [4.78, 5) is 11.3. The lowest BCUT2D eigenvalue weighted by Crippen LogP contribution is -2.29. The molecule has 0 aliphatic rings. The van der Waals surface area contributed by atoms with Crippen LogP contribution in [0.5, 0.6) is 0 Å². The third-order valence-electron chi connectivity index (χ3n) is 3.18. The van der Waals surface area contributed by atoms with Gasteiger partial charge in [0.2, 0.25) is 0 Å². The number of hydrogen-bond acceptors (Lipinski definition) is 4. The maximum Gasteiger partial charge on any atom is 0.337 e. The minimum absolute atomic E-state index is 0.258. The van der Waals surface area contributed by atoms with Gasteiger partial charge >= 0.3 is 5.97 Å². The molecule has 0 spiro atoms. The fourth-order valence-corrected chi connectivity index (χ4v) is 2.42. The summed E-state index contributed by atoms with van der Waals surface area (Å²) in [5.74, 6) is -1.44. The highest BCUT2D eigenvalue weighted by atomic mass is 32.2. The van der Waals surface area contributed by atoms with Crippen LogP contribution in [0.2, 0.25) is 0 Å². The molecule has 106 valence electrons. The van der Waals surface area contributed by atoms with Crippen molar-refractivity contribution >= 4 is 17.0 Å². The smallest absolute Gasteiger partial charge is 0.337 e. The van der Waals surface area contributed by atoms with Crippen LogP contribution in [0.4, 0.5) is 4.39 Å². The highest BCUT2D eigenvalue weighted by molar-refractivity contribution is 7.79. The summed E-state index contributed by atoms with van der Waals surface area (Å²) in [6.45, 7) is 2.86. The minimum Gasteiger partial charge on any atom is -0.772 e. The molecule has 0 bridgehead atoms. The van der Waals surface area contributed by atoms with Gasteiger partial charge in [0.1, 0.15) is 5.67 Å². The molecule has 4 nitrogen and oxygen atoms in total. The van der Waals surface area contributed by atoms with Gasteiger partial charge in [-0.25, -0.2) is 9.18 Å². The van der Waals surface area contributed by atoms with E-state index in [1.165, 1.54) is 45.2 Å². The van der Waals surface area contributed by atoms with E-state index in [1.54, 1.807) is 0 Å². The summed E-state index contributed by atoms with van der Waals surface area (Å²) >= 11 is -2.29. The molecule has 19 heavy (non-hydrogen) atoms. The molecule has 0 fully saturated rings. The minimum atomic E-state index is -2.29. The lowest BCUT2D eigenvalue weighted by Gasteiger charge is -2.29. The van der Waals surface area contributed by atoms with Gasteiger partial charge in [0, 0.05) is 11.7 Å². The van der Waals surface area contributed by atoms with E-state index in [-0.39, 0.29) is 5.75 Å². The molecule has 3 atom stereocenters. The largest absolute Gasteiger partial charge is 0.772 e. The van der Waals surface area contributed by atoms with Gasteiger partial charge in [-0.1, -0.05) is 30.1 Å². The quantitative estimate of drug-likeness (QED) is 0.615. The molecule has 0 saturated carbocycles. The van der Waals surface area contributed by atoms with Crippen molar-refractivity contribution < 1.29 is 22.7 Å². The van der Waals surface area contributed by atoms with Crippen molar-refractivity contribution in [2.75, 3.05) is 12.9 Å². The summed E-state index contributed by atoms with van der Waals surface area (Å²) in [7, 11) is 1.27. The van der Waals surface area contributed by atoms with Gasteiger partial charge in [-0.05, 0) is 24.6 Å². The highest BCUT2D eigenvalue weighted by Gasteiger charge is 2.33. The first-order chi connectivity index (χ1) is 8.78. The monoisotopic (exact) mass is 287 g/mol. The third-order valence-corrected chi connectivity index (χ3v) is 3.95. The van der Waals surface area contributed by atoms with Crippen LogP contribution >= 0.6 is 0 Å². The molecule has 0 heterocycles. The van der Waals surface area contributed by atoms with Crippen LogP contribution < -0.4 is 0 Å². The predicted molar refractivity (Wildman–Crippen MR) is 69.2 cm³/mol. The zero-order valence-electron chi connectivity index (χ0n) is 11.0. The van der Waals surface area contributed by atoms with Crippen molar-refractivity contribution in [1.29, 1.82) is 0 Å². The fraction of sp³-hybridized carbons (Fsp3) is 0.462. The summed E-state index contributed by atoms with van der Waals surface area (Å²) in [6.07, 6.45) is 0. The zero-order valence-corrected chi connectivity index (χ0v) is 11.8. The first-order valence-electron chi connectivity index (χ1n) is 5.72. The van der Waals surface area contributed by atoms with Crippen molar-refractivity contribution in [2.45, 2.75) is 19.5 Å². The third kappa shape index (κ3) is 3.84. The van der Waals surface area contributed by atoms with E-state index < -0.39 is 28.6 Å². The Balaban J connectivity index is 2.95. The summed E-state index contributed by atoms with van der Waals surface area (Å²) in [5.41, 5.74) is -1.13. The van der Waals surface area contributed by atoms with E-state index in [1.807, 2.05) is 0 Å². The maximum atomic E-state index is 14.6. The lowest BCUT2D eigenvalue weighted by atomic mass is 9.86. The van der Waals surface area contributed by atoms with Crippen molar-refractivity contribution in [3.63, 3.8) is 0 Å². The Kier molecular flexibility index (Phi) is 5.20. The first-order valence-corrected chi connectivity index (χ1v) is 6.97. The normalized spacial score (nSPS) is 17.3. The van der Waals surface area contributed by atoms with Crippen LogP contribution in [0.3, 0.4) is 0 Å². The van der Waals surface area contributed by atoms with Gasteiger partial charge in [0.15, 0.2) is 0 Å². The molecule has 1 aromatic rings. The standard InChI is InChI=1S/C13H17FO4S/c1-9(8-19(16)17)13(2,14)11-6-4-10(5-7-11)12(15)18-3/h4-7,9H,8H2,1-3H3,(H,16,17)/p-1. The molecular weight excluding hydrogens is 271 g/mol. The van der Waals surface area contributed by atoms with Gasteiger partial charge in [0.25, 0.3) is 0 Å². The Morgan fingerprint density at radius 3 is 2.42 bits per heavy atom. The van der Waals surface area contributed by atoms with E-state index in [2.05, 4.69) is 4.74 Å². The second-order valence-electron chi connectivity index (χ2n) is 4.52. The number of halogens is 1. The van der Waals surface area contributed by atoms with Crippen LogP contribution in [-0.4, -0.2) is 27.6 Å². The summed E-state index contributed by atoms with van der Waals surface area (Å²) in [6, 6.07) is 5.85. The maximum absolute atomic E-state index is 14.6. The van der Waals surface area contributed by atoms with E-state index >= 15 is 0 Å². The van der Waals surface area contributed by atoms with Crippen LogP contribution in [0, 0.1) is 5.92 Å². The molecule has 0 saturated heterocycles. The molecule has 0 N–H and O–H groups in total. The first kappa shape index (κ1) is 15.8. The number of carbonyl (C=O) groups is 1. The van der Waals surface area contributed by atoms with E-state index in [9.17, 15) is 17.9 Å². The molecule has 0 radical (unpaired) electrons. The van der Waals surface area contributed by atoms with E-state index in [4.69, 9.17) is 0 Å². The number of ether oxygens (including phenoxy) is 1. The number of carbonyl (C=O) groups excluding carboxylic acids is 1. The fourth-order valence-electron chi connectivity index (χ4n) is 1.70. The van der Waals surface area contributed by atoms with Gasteiger partial charge in [-0.15, -0.1) is 0 Å². The number of benzene rings is 1. The molecule has 0 aliphatic heterocycles. The Morgan fingerprint density at radius 2 is 2.00 bits per heavy atom. The number of hydrogen-bond donors (Lipinski definition) is 0. The molecule has 6 heteroatoms. The molecule has 1 rings (SSSR count). The Hall–Kier alpha value is -1.27. The number of alkyl halides is 1. The molecule has 0 aliphatic carbocycles. The van der Waals surface area contributed by atoms with Gasteiger partial charge in [-0.3, -0.25) is 4.21 Å². The van der Waals surface area contributed by atoms with Crippen molar-refractivity contribution in [2.24, 2.45) is 5.92 Å². The second kappa shape index (κ2) is 6.25. The summed E-state index contributed by atoms with van der Waals surface area (Å²) in [5, 5.41) is 0. The molecule has 3 unspecified atom stereocenters. The molecule has 0 aromatic heterocycles. The topological polar surface area (TPSA) is 66.4 Å². The SMILES string of the molecule is COC(=O)c1ccc(C(C)(F)C(C)CS(=O)[O-])cc1. The molecule has 1 aromatic carbocycles. The van der Waals surface area contributed by atoms with Crippen molar-refractivity contribution in [1.82, 2.24) is 0 Å². The Labute approximate surface area is 114 Å². The predicted octanol–water partition coefficient (Wildman–Crippen LogP) is 2.17. The number of rotatable bonds is 5. The average Bonchev–Trinajstić information content (AvgIpc) is 2.37. The summed E-state index contributed by atoms with van der Waals surface area (Å²) < 4.78 is 40.4. The zero-order chi connectivity index (χ0) is 14.6. The Morgan fingerprint density at radius 1 is 1.47 bits per heavy atom. The second-order valence-corrected chi connectivity index (χ2v) is 5.46. The van der Waals surface area contributed by atoms with Gasteiger partial charge < -0.3 is 9.29 Å². The lowest BCUT2D eigenvalue weighted by molar-refractivity contribution is 0.0600. The van der Waals surface area contributed by atoms with Crippen LogP contribution in [-0.2, 0) is 21.5 Å². The number of methoxy groups -OCH3 is 1. The highest BCUT2D eigenvalue weighted by Crippen LogP contribution is 2.34. The van der Waals surface area contributed by atoms with Crippen molar-refractivity contribution in [3.8, 4) is 0 Å². The van der Waals surface area contributed by atoms with E-state index in [0.29, 0.717) is 11.1 Å².